The van der Waals surface area contributed by atoms with Gasteiger partial charge in [-0.05, 0) is 67.5 Å². The van der Waals surface area contributed by atoms with Crippen LogP contribution in [0.5, 0.6) is 5.75 Å². The Morgan fingerprint density at radius 1 is 0.958 bits per heavy atom. The van der Waals surface area contributed by atoms with Crippen LogP contribution in [-0.4, -0.2) is 130 Å². The summed E-state index contributed by atoms with van der Waals surface area (Å²) in [5, 5.41) is 29.5. The lowest BCUT2D eigenvalue weighted by molar-refractivity contribution is -0.164. The Hall–Kier alpha value is -5.64. The van der Waals surface area contributed by atoms with Crippen molar-refractivity contribution in [2.24, 2.45) is 16.2 Å². The molecule has 18 heteroatoms. The number of hydrogen-bond donors (Lipinski definition) is 4. The van der Waals surface area contributed by atoms with Gasteiger partial charge in [0.1, 0.15) is 42.4 Å². The number of likely N-dealkylation sites (tertiary alicyclic amines) is 1. The maximum absolute atomic E-state index is 14.2. The second-order valence-electron chi connectivity index (χ2n) is 22.2. The number of ether oxygens (including phenoxy) is 2. The zero-order valence-corrected chi connectivity index (χ0v) is 44.3. The molecule has 2 aromatic carbocycles. The van der Waals surface area contributed by atoms with Gasteiger partial charge in [-0.25, -0.2) is 9.97 Å². The molecule has 0 bridgehead atoms. The lowest BCUT2D eigenvalue weighted by atomic mass is 9.49. The predicted octanol–water partition coefficient (Wildman–Crippen LogP) is 6.69. The van der Waals surface area contributed by atoms with E-state index in [1.54, 1.807) is 35.7 Å². The molecular weight excluding hydrogens is 954 g/mol. The number of aromatic nitrogens is 2. The average molecular weight is 1020 g/mol. The van der Waals surface area contributed by atoms with Gasteiger partial charge in [-0.3, -0.25) is 24.1 Å². The number of pyridine rings is 1. The highest BCUT2D eigenvalue weighted by Crippen LogP contribution is 2.55. The largest absolute Gasteiger partial charge is 0.489 e. The van der Waals surface area contributed by atoms with E-state index in [0.29, 0.717) is 27.9 Å². The van der Waals surface area contributed by atoms with Crippen molar-refractivity contribution in [3.8, 4) is 22.3 Å². The third-order valence-electron chi connectivity index (χ3n) is 15.2. The van der Waals surface area contributed by atoms with Crippen LogP contribution in [0.2, 0.25) is 5.02 Å². The fourth-order valence-corrected chi connectivity index (χ4v) is 12.2. The van der Waals surface area contributed by atoms with Crippen molar-refractivity contribution in [2.75, 3.05) is 44.2 Å². The Balaban J connectivity index is 0.759. The summed E-state index contributed by atoms with van der Waals surface area (Å²) in [5.41, 5.74) is 4.13. The van der Waals surface area contributed by atoms with Crippen LogP contribution < -0.4 is 25.6 Å². The van der Waals surface area contributed by atoms with Gasteiger partial charge in [0.2, 0.25) is 17.7 Å². The number of amides is 4. The van der Waals surface area contributed by atoms with Gasteiger partial charge >= 0.3 is 0 Å². The smallest absolute Gasteiger partial charge is 0.253 e. The minimum Gasteiger partial charge on any atom is -0.489 e. The number of aliphatic hydroxyl groups excluding tert-OH is 1. The van der Waals surface area contributed by atoms with Crippen molar-refractivity contribution in [3.63, 3.8) is 0 Å². The number of hydrogen-bond acceptors (Lipinski definition) is 13. The standard InChI is InChI=1S/C54H68ClN9O7S/c1-31(33-10-12-34(13-11-33)45-32(2)58-30-72-45)59-48(68)42-24-38(65)28-64(42)49(69)46(52(3,4)5)60-44(66)29-70-40-22-37(23-40)62-18-20-63(21-19-62)43-17-15-36(27-57-43)47(67)61-50-53(6,7)51(54(50,8)9)71-39-16-14-35(26-56)41(55)25-39/h10-17,25,27,30-31,37-38,40,42,46,50-51,65H,18-24,28-29H2,1-9H3,(H,59,68)(H,60,66)(H,61,67)/t31-,37-,38+,40+,42-,46?,50-,51-/m0/s1. The number of nitrogens with zero attached hydrogens (tertiary/aromatic N) is 6. The second kappa shape index (κ2) is 21.1. The van der Waals surface area contributed by atoms with Crippen molar-refractivity contribution in [2.45, 2.75) is 130 Å². The first-order chi connectivity index (χ1) is 34.0. The molecule has 4 heterocycles. The van der Waals surface area contributed by atoms with Gasteiger partial charge in [0.25, 0.3) is 5.91 Å². The monoisotopic (exact) mass is 1020 g/mol. The normalized spacial score (nSPS) is 24.5. The SMILES string of the molecule is Cc1ncsc1-c1ccc([C@H](C)NC(=O)[C@@H]2C[C@@H](O)CN2C(=O)C(NC(=O)CO[C@H]2C[C@@H](N3CCN(c4ccc(C(=O)N[C@H]5C(C)(C)[C@H](Oc6ccc(C#N)c(Cl)c6)C5(C)C)cn4)CC3)C2)C(C)(C)C)cc1. The van der Waals surface area contributed by atoms with Crippen molar-refractivity contribution >= 4 is 52.4 Å². The minimum absolute atomic E-state index is 0.0103. The van der Waals surface area contributed by atoms with Crippen molar-refractivity contribution < 1.29 is 33.8 Å². The molecule has 384 valence electrons. The summed E-state index contributed by atoms with van der Waals surface area (Å²) >= 11 is 7.84. The van der Waals surface area contributed by atoms with Crippen LogP contribution in [0.25, 0.3) is 10.4 Å². The van der Waals surface area contributed by atoms with Crippen LogP contribution in [0.1, 0.15) is 108 Å². The molecule has 4 atom stereocenters. The van der Waals surface area contributed by atoms with E-state index in [-0.39, 0.29) is 55.7 Å². The number of halogens is 1. The van der Waals surface area contributed by atoms with E-state index >= 15 is 0 Å². The molecule has 4 fully saturated rings. The number of anilines is 1. The number of carbonyl (C=O) groups is 4. The van der Waals surface area contributed by atoms with E-state index in [0.717, 1.165) is 66.5 Å². The Morgan fingerprint density at radius 3 is 2.25 bits per heavy atom. The Bertz CT molecular complexity index is 2650. The number of piperazine rings is 1. The quantitative estimate of drug-likeness (QED) is 0.0985. The summed E-state index contributed by atoms with van der Waals surface area (Å²) < 4.78 is 12.4. The van der Waals surface area contributed by atoms with Gasteiger partial charge < -0.3 is 40.3 Å². The molecule has 4 aliphatic rings. The molecule has 4 aromatic rings. The second-order valence-corrected chi connectivity index (χ2v) is 23.4. The Morgan fingerprint density at radius 2 is 1.65 bits per heavy atom. The number of rotatable bonds is 15. The molecule has 2 saturated heterocycles. The molecule has 2 aromatic heterocycles. The third kappa shape index (κ3) is 11.1. The Labute approximate surface area is 431 Å². The van der Waals surface area contributed by atoms with Gasteiger partial charge in [-0.1, -0.05) is 84.3 Å². The fraction of sp³-hybridized carbons (Fsp3) is 0.537. The van der Waals surface area contributed by atoms with E-state index in [9.17, 15) is 29.5 Å². The number of aliphatic hydroxyl groups is 1. The summed E-state index contributed by atoms with van der Waals surface area (Å²) in [5.74, 6) is -0.00283. The van der Waals surface area contributed by atoms with Gasteiger partial charge in [0, 0.05) is 74.3 Å². The number of nitrogens with one attached hydrogen (secondary N) is 3. The van der Waals surface area contributed by atoms with Gasteiger partial charge in [-0.15, -0.1) is 11.3 Å². The number of benzene rings is 2. The van der Waals surface area contributed by atoms with Crippen molar-refractivity contribution in [3.05, 3.63) is 93.7 Å². The lowest BCUT2D eigenvalue weighted by Gasteiger charge is -2.63. The maximum atomic E-state index is 14.2. The number of β-amino-alcohol motifs (C(OH)–C–C–N with tert-alkyl or cyclic N) is 1. The van der Waals surface area contributed by atoms with E-state index in [1.165, 1.54) is 4.90 Å². The highest BCUT2D eigenvalue weighted by molar-refractivity contribution is 7.13. The number of thiazole rings is 1. The molecule has 2 saturated carbocycles. The lowest BCUT2D eigenvalue weighted by Crippen LogP contribution is -2.74. The molecule has 4 amide bonds. The molecular formula is C54H68ClN9O7S. The first kappa shape index (κ1) is 52.7. The fourth-order valence-electron chi connectivity index (χ4n) is 11.2. The molecule has 8 rings (SSSR count). The molecule has 2 aliphatic carbocycles. The molecule has 0 spiro atoms. The zero-order chi connectivity index (χ0) is 51.9. The van der Waals surface area contributed by atoms with Crippen LogP contribution in [0.3, 0.4) is 0 Å². The van der Waals surface area contributed by atoms with E-state index in [1.807, 2.05) is 76.5 Å². The van der Waals surface area contributed by atoms with Crippen LogP contribution >= 0.6 is 22.9 Å². The Kier molecular flexibility index (Phi) is 15.4. The molecule has 2 aliphatic heterocycles. The molecule has 72 heavy (non-hydrogen) atoms. The maximum Gasteiger partial charge on any atom is 0.253 e. The molecule has 16 nitrogen and oxygen atoms in total. The average Bonchev–Trinajstić information content (AvgIpc) is 3.95. The van der Waals surface area contributed by atoms with Crippen molar-refractivity contribution in [1.29, 1.82) is 5.26 Å². The first-order valence-corrected chi connectivity index (χ1v) is 26.1. The highest BCUT2D eigenvalue weighted by atomic mass is 35.5. The molecule has 0 radical (unpaired) electrons. The summed E-state index contributed by atoms with van der Waals surface area (Å²) in [4.78, 5) is 71.0. The first-order valence-electron chi connectivity index (χ1n) is 24.9. The zero-order valence-electron chi connectivity index (χ0n) is 42.7. The summed E-state index contributed by atoms with van der Waals surface area (Å²) in [6, 6.07) is 16.8. The number of carbonyl (C=O) groups excluding carboxylic acids is 4. The van der Waals surface area contributed by atoms with Gasteiger partial charge in [0.05, 0.1) is 50.5 Å². The van der Waals surface area contributed by atoms with Crippen LogP contribution in [0.4, 0.5) is 5.82 Å². The van der Waals surface area contributed by atoms with E-state index in [4.69, 9.17) is 21.1 Å². The van der Waals surface area contributed by atoms with Gasteiger partial charge in [0.15, 0.2) is 0 Å². The topological polar surface area (TPSA) is 202 Å². The van der Waals surface area contributed by atoms with Crippen LogP contribution in [0, 0.1) is 34.5 Å². The molecule has 1 unspecified atom stereocenters. The van der Waals surface area contributed by atoms with Crippen molar-refractivity contribution in [1.82, 2.24) is 35.7 Å². The summed E-state index contributed by atoms with van der Waals surface area (Å²) in [6.07, 6.45) is 2.14. The number of nitriles is 1. The summed E-state index contributed by atoms with van der Waals surface area (Å²) in [7, 11) is 0. The molecule has 4 N–H and O–H groups in total. The van der Waals surface area contributed by atoms with Crippen LogP contribution in [-0.2, 0) is 19.1 Å². The number of aryl methyl sites for hydroxylation is 1. The predicted molar refractivity (Wildman–Crippen MR) is 277 cm³/mol. The summed E-state index contributed by atoms with van der Waals surface area (Å²) in [6.45, 7) is 20.8. The van der Waals surface area contributed by atoms with E-state index < -0.39 is 46.2 Å². The van der Waals surface area contributed by atoms with E-state index in [2.05, 4.69) is 69.5 Å². The minimum atomic E-state index is -0.952. The third-order valence-corrected chi connectivity index (χ3v) is 16.5. The van der Waals surface area contributed by atoms with Gasteiger partial charge in [-0.2, -0.15) is 5.26 Å². The van der Waals surface area contributed by atoms with Crippen LogP contribution in [0.15, 0.2) is 66.3 Å². The highest BCUT2D eigenvalue weighted by Gasteiger charge is 2.64.